The van der Waals surface area contributed by atoms with Crippen LogP contribution in [-0.4, -0.2) is 17.4 Å². The van der Waals surface area contributed by atoms with Crippen molar-refractivity contribution in [2.24, 2.45) is 5.73 Å². The molecule has 3 N–H and O–H groups in total. The highest BCUT2D eigenvalue weighted by atomic mass is 32.1. The number of carbonyl (C=O) groups is 1. The summed E-state index contributed by atoms with van der Waals surface area (Å²) in [6.45, 7) is 2.75. The summed E-state index contributed by atoms with van der Waals surface area (Å²) in [7, 11) is 0. The molecular weight excluding hydrogens is 258 g/mol. The Morgan fingerprint density at radius 1 is 1.42 bits per heavy atom. The molecule has 0 saturated heterocycles. The Hall–Kier alpha value is -1.72. The van der Waals surface area contributed by atoms with E-state index in [0.717, 1.165) is 15.4 Å². The van der Waals surface area contributed by atoms with Crippen molar-refractivity contribution < 1.29 is 4.79 Å². The number of thiazole rings is 1. The molecule has 0 spiro atoms. The van der Waals surface area contributed by atoms with Crippen LogP contribution >= 0.6 is 11.3 Å². The van der Waals surface area contributed by atoms with E-state index in [1.54, 1.807) is 11.3 Å². The normalized spacial score (nSPS) is 12.1. The molecule has 19 heavy (non-hydrogen) atoms. The predicted octanol–water partition coefficient (Wildman–Crippen LogP) is 1.81. The molecule has 2 aromatic rings. The summed E-state index contributed by atoms with van der Waals surface area (Å²) in [5, 5.41) is 3.80. The fraction of sp³-hybridized carbons (Fsp3) is 0.286. The van der Waals surface area contributed by atoms with Gasteiger partial charge in [-0.3, -0.25) is 4.79 Å². The quantitative estimate of drug-likeness (QED) is 0.874. The monoisotopic (exact) mass is 275 g/mol. The molecule has 0 radical (unpaired) electrons. The topological polar surface area (TPSA) is 68.0 Å². The van der Waals surface area contributed by atoms with Gasteiger partial charge in [-0.05, 0) is 12.5 Å². The van der Waals surface area contributed by atoms with E-state index in [2.05, 4.69) is 10.3 Å². The Morgan fingerprint density at radius 2 is 2.16 bits per heavy atom. The molecule has 1 unspecified atom stereocenters. The van der Waals surface area contributed by atoms with E-state index in [9.17, 15) is 4.79 Å². The number of aromatic nitrogens is 1. The van der Waals surface area contributed by atoms with Crippen LogP contribution in [0.1, 0.15) is 21.4 Å². The van der Waals surface area contributed by atoms with Crippen molar-refractivity contribution in [2.75, 3.05) is 6.54 Å². The highest BCUT2D eigenvalue weighted by Gasteiger charge is 2.18. The van der Waals surface area contributed by atoms with Gasteiger partial charge in [0.15, 0.2) is 0 Å². The first-order valence-corrected chi connectivity index (χ1v) is 6.96. The lowest BCUT2D eigenvalue weighted by Crippen LogP contribution is -2.33. The molecule has 0 aliphatic rings. The Balaban J connectivity index is 1.98. The third kappa shape index (κ3) is 3.62. The first-order valence-electron chi connectivity index (χ1n) is 6.14. The van der Waals surface area contributed by atoms with Gasteiger partial charge >= 0.3 is 0 Å². The van der Waals surface area contributed by atoms with E-state index < -0.39 is 0 Å². The van der Waals surface area contributed by atoms with E-state index in [1.165, 1.54) is 0 Å². The maximum absolute atomic E-state index is 12.1. The van der Waals surface area contributed by atoms with Crippen LogP contribution in [0.15, 0.2) is 36.5 Å². The number of hydrogen-bond acceptors (Lipinski definition) is 4. The second kappa shape index (κ2) is 6.45. The molecular formula is C14H17N3OS. The van der Waals surface area contributed by atoms with Gasteiger partial charge < -0.3 is 11.1 Å². The number of nitrogens with zero attached hydrogens (tertiary/aromatic N) is 1. The van der Waals surface area contributed by atoms with Crippen molar-refractivity contribution in [3.8, 4) is 0 Å². The molecule has 1 aromatic heterocycles. The third-order valence-corrected chi connectivity index (χ3v) is 3.75. The molecule has 2 rings (SSSR count). The number of hydrogen-bond donors (Lipinski definition) is 2. The largest absolute Gasteiger partial charge is 0.349 e. The standard InChI is InChI=1S/C14H17N3OS/c1-10-8-16-13(19-10)9-17-14(18)12(7-15)11-5-3-2-4-6-11/h2-6,8,12H,7,9,15H2,1H3,(H,17,18). The molecule has 1 aromatic carbocycles. The minimum atomic E-state index is -0.303. The molecule has 1 amide bonds. The van der Waals surface area contributed by atoms with Crippen LogP contribution in [0.5, 0.6) is 0 Å². The van der Waals surface area contributed by atoms with Gasteiger partial charge in [-0.25, -0.2) is 4.98 Å². The summed E-state index contributed by atoms with van der Waals surface area (Å²) < 4.78 is 0. The van der Waals surface area contributed by atoms with Gasteiger partial charge in [-0.1, -0.05) is 30.3 Å². The van der Waals surface area contributed by atoms with Gasteiger partial charge in [0.1, 0.15) is 5.01 Å². The van der Waals surface area contributed by atoms with Gasteiger partial charge in [-0.15, -0.1) is 11.3 Å². The van der Waals surface area contributed by atoms with Crippen LogP contribution in [0.25, 0.3) is 0 Å². The van der Waals surface area contributed by atoms with Gasteiger partial charge in [-0.2, -0.15) is 0 Å². The van der Waals surface area contributed by atoms with Gasteiger partial charge in [0, 0.05) is 17.6 Å². The molecule has 0 fully saturated rings. The van der Waals surface area contributed by atoms with Crippen LogP contribution in [-0.2, 0) is 11.3 Å². The number of aryl methyl sites for hydroxylation is 1. The van der Waals surface area contributed by atoms with E-state index in [1.807, 2.05) is 43.5 Å². The lowest BCUT2D eigenvalue weighted by molar-refractivity contribution is -0.122. The number of nitrogens with one attached hydrogen (secondary N) is 1. The Labute approximate surface area is 116 Å². The number of benzene rings is 1. The number of carbonyl (C=O) groups excluding carboxylic acids is 1. The smallest absolute Gasteiger partial charge is 0.229 e. The average molecular weight is 275 g/mol. The molecule has 0 aliphatic carbocycles. The van der Waals surface area contributed by atoms with E-state index in [0.29, 0.717) is 13.1 Å². The first kappa shape index (κ1) is 13.7. The lowest BCUT2D eigenvalue weighted by Gasteiger charge is -2.14. The Morgan fingerprint density at radius 3 is 2.74 bits per heavy atom. The zero-order valence-electron chi connectivity index (χ0n) is 10.8. The fourth-order valence-corrected chi connectivity index (χ4v) is 2.58. The second-order valence-corrected chi connectivity index (χ2v) is 5.60. The third-order valence-electron chi connectivity index (χ3n) is 2.84. The Bertz CT molecular complexity index is 539. The fourth-order valence-electron chi connectivity index (χ4n) is 1.85. The first-order chi connectivity index (χ1) is 9.20. The van der Waals surface area contributed by atoms with Crippen LogP contribution in [0, 0.1) is 6.92 Å². The number of amides is 1. The summed E-state index contributed by atoms with van der Waals surface area (Å²) in [6, 6.07) is 9.59. The summed E-state index contributed by atoms with van der Waals surface area (Å²) in [5.74, 6) is -0.358. The van der Waals surface area contributed by atoms with E-state index in [-0.39, 0.29) is 11.8 Å². The van der Waals surface area contributed by atoms with Crippen LogP contribution < -0.4 is 11.1 Å². The maximum Gasteiger partial charge on any atom is 0.229 e. The number of rotatable bonds is 5. The summed E-state index contributed by atoms with van der Waals surface area (Å²) >= 11 is 1.59. The average Bonchev–Trinajstić information content (AvgIpc) is 2.84. The SMILES string of the molecule is Cc1cnc(CNC(=O)C(CN)c2ccccc2)s1. The zero-order valence-corrected chi connectivity index (χ0v) is 11.6. The van der Waals surface area contributed by atoms with Crippen molar-refractivity contribution in [2.45, 2.75) is 19.4 Å². The second-order valence-electron chi connectivity index (χ2n) is 4.28. The van der Waals surface area contributed by atoms with Gasteiger partial charge in [0.05, 0.1) is 12.5 Å². The molecule has 100 valence electrons. The van der Waals surface area contributed by atoms with Crippen molar-refractivity contribution in [3.63, 3.8) is 0 Å². The minimum Gasteiger partial charge on any atom is -0.349 e. The Kier molecular flexibility index (Phi) is 4.65. The molecule has 0 saturated carbocycles. The highest BCUT2D eigenvalue weighted by molar-refractivity contribution is 7.11. The van der Waals surface area contributed by atoms with Crippen LogP contribution in [0.4, 0.5) is 0 Å². The van der Waals surface area contributed by atoms with Crippen LogP contribution in [0.2, 0.25) is 0 Å². The predicted molar refractivity (Wildman–Crippen MR) is 76.9 cm³/mol. The van der Waals surface area contributed by atoms with Crippen molar-refractivity contribution in [1.29, 1.82) is 0 Å². The summed E-state index contributed by atoms with van der Waals surface area (Å²) in [4.78, 5) is 17.5. The van der Waals surface area contributed by atoms with Crippen molar-refractivity contribution in [1.82, 2.24) is 10.3 Å². The maximum atomic E-state index is 12.1. The molecule has 1 atom stereocenters. The number of nitrogens with two attached hydrogens (primary N) is 1. The lowest BCUT2D eigenvalue weighted by atomic mass is 9.98. The van der Waals surface area contributed by atoms with Crippen LogP contribution in [0.3, 0.4) is 0 Å². The van der Waals surface area contributed by atoms with Crippen molar-refractivity contribution >= 4 is 17.2 Å². The molecule has 4 nitrogen and oxygen atoms in total. The zero-order chi connectivity index (χ0) is 13.7. The van der Waals surface area contributed by atoms with Gasteiger partial charge in [0.25, 0.3) is 0 Å². The summed E-state index contributed by atoms with van der Waals surface area (Å²) in [6.07, 6.45) is 1.81. The van der Waals surface area contributed by atoms with E-state index >= 15 is 0 Å². The molecule has 0 aliphatic heterocycles. The molecule has 1 heterocycles. The van der Waals surface area contributed by atoms with Gasteiger partial charge in [0.2, 0.25) is 5.91 Å². The minimum absolute atomic E-state index is 0.0541. The van der Waals surface area contributed by atoms with Crippen molar-refractivity contribution in [3.05, 3.63) is 52.0 Å². The van der Waals surface area contributed by atoms with E-state index in [4.69, 9.17) is 5.73 Å². The molecule has 5 heteroatoms. The molecule has 0 bridgehead atoms. The highest BCUT2D eigenvalue weighted by Crippen LogP contribution is 2.15. The summed E-state index contributed by atoms with van der Waals surface area (Å²) in [5.41, 5.74) is 6.65.